The summed E-state index contributed by atoms with van der Waals surface area (Å²) >= 11 is 3.52. The normalized spacial score (nSPS) is 19.6. The molecule has 2 saturated heterocycles. The van der Waals surface area contributed by atoms with E-state index in [4.69, 9.17) is 15.9 Å². The number of carbonyl (C=O) groups is 2. The molecule has 14 heteroatoms. The predicted molar refractivity (Wildman–Crippen MR) is 139 cm³/mol. The summed E-state index contributed by atoms with van der Waals surface area (Å²) < 4.78 is 2.11. The Morgan fingerprint density at radius 2 is 2.06 bits per heavy atom. The number of nitrogens with two attached hydrogens (primary N) is 1. The fraction of sp³-hybridized carbons (Fsp3) is 0.591. The first-order chi connectivity index (χ1) is 16.3. The minimum absolute atomic E-state index is 0. The number of carboxylic acid groups (broad SMARTS) is 1. The summed E-state index contributed by atoms with van der Waals surface area (Å²) in [6, 6.07) is 0.440. The summed E-state index contributed by atoms with van der Waals surface area (Å²) in [5.41, 5.74) is 10.0. The third kappa shape index (κ3) is 8.91. The molecule has 4 rings (SSSR count). The fourth-order valence-electron chi connectivity index (χ4n) is 4.03. The van der Waals surface area contributed by atoms with Crippen molar-refractivity contribution in [2.45, 2.75) is 69.8 Å². The molecular formula is C22H34Cl2N6O4S2. The number of thioether (sulfide) groups is 1. The number of thiazole rings is 1. The first-order valence-electron chi connectivity index (χ1n) is 11.3. The number of aryl methyl sites for hydroxylation is 1. The number of aromatic nitrogens is 3. The average molecular weight is 582 g/mol. The van der Waals surface area contributed by atoms with Crippen LogP contribution in [0.2, 0.25) is 0 Å². The first kappa shape index (κ1) is 32.2. The lowest BCUT2D eigenvalue weighted by atomic mass is 10.0. The van der Waals surface area contributed by atoms with Gasteiger partial charge in [-0.3, -0.25) is 4.79 Å². The molecule has 0 spiro atoms. The molecule has 2 aliphatic heterocycles. The number of nitrogens with zero attached hydrogens (tertiary/aromatic N) is 3. The molecule has 2 amide bonds. The predicted octanol–water partition coefficient (Wildman–Crippen LogP) is -1.17. The molecule has 2 fully saturated rings. The Morgan fingerprint density at radius 3 is 2.72 bits per heavy atom. The van der Waals surface area contributed by atoms with Crippen LogP contribution in [0.4, 0.5) is 10.6 Å². The van der Waals surface area contributed by atoms with Gasteiger partial charge in [0.2, 0.25) is 5.51 Å². The van der Waals surface area contributed by atoms with Crippen LogP contribution >= 0.6 is 35.5 Å². The van der Waals surface area contributed by atoms with E-state index in [2.05, 4.69) is 25.2 Å². The number of unbranched alkanes of at least 4 members (excludes halogenated alkanes) is 1. The van der Waals surface area contributed by atoms with Crippen molar-refractivity contribution in [1.82, 2.24) is 20.6 Å². The largest absolute Gasteiger partial charge is 1.00 e. The molecular weight excluding hydrogens is 547 g/mol. The third-order valence-electron chi connectivity index (χ3n) is 5.92. The van der Waals surface area contributed by atoms with Crippen molar-refractivity contribution in [2.75, 3.05) is 18.1 Å². The Labute approximate surface area is 231 Å². The number of rotatable bonds is 9. The minimum Gasteiger partial charge on any atom is -1.00 e. The Hall–Kier alpha value is -1.86. The maximum absolute atomic E-state index is 11.1. The van der Waals surface area contributed by atoms with Crippen molar-refractivity contribution >= 4 is 53.3 Å². The monoisotopic (exact) mass is 580 g/mol. The molecule has 3 atom stereocenters. The fourth-order valence-corrected chi connectivity index (χ4v) is 6.56. The number of nitrogens with one attached hydrogen (secondary N) is 2. The van der Waals surface area contributed by atoms with E-state index in [1.807, 2.05) is 31.1 Å². The number of fused-ring (bicyclic) bond motifs is 1. The standard InChI is InChI=1S/C12H17N4OS.C10H16N2O3S.2ClH/c1-8-11(3-4-17)18-7-16(8)6-10-5-14-9(2)15-12(10)13;13-8(14)4-2-1-3-7-9-6(5-16-7)11-10(15)12-9;;/h5,7,17H,3-4,6H2,1-2H3,(H2,13,14,15);6-7,9H,1-5H2,(H,13,14)(H2,11,12,15);2*1H/q+1;;;/p-1/t;6-,7-,9-;;/m.0../s1. The molecule has 2 aromatic heterocycles. The minimum atomic E-state index is -0.729. The van der Waals surface area contributed by atoms with Gasteiger partial charge in [-0.1, -0.05) is 17.8 Å². The number of hydrogen-bond acceptors (Lipinski definition) is 8. The second kappa shape index (κ2) is 15.4. The van der Waals surface area contributed by atoms with E-state index in [1.54, 1.807) is 17.5 Å². The van der Waals surface area contributed by atoms with Crippen LogP contribution in [0.3, 0.4) is 0 Å². The zero-order chi connectivity index (χ0) is 24.7. The zero-order valence-corrected chi connectivity index (χ0v) is 23.5. The summed E-state index contributed by atoms with van der Waals surface area (Å²) in [5, 5.41) is 23.8. The molecule has 202 valence electrons. The number of amides is 2. The van der Waals surface area contributed by atoms with Crippen molar-refractivity contribution in [3.8, 4) is 0 Å². The van der Waals surface area contributed by atoms with Gasteiger partial charge in [0.15, 0.2) is 12.2 Å². The maximum atomic E-state index is 11.1. The number of anilines is 1. The number of urea groups is 1. The van der Waals surface area contributed by atoms with Crippen LogP contribution in [0.15, 0.2) is 11.7 Å². The quantitative estimate of drug-likeness (QED) is 0.141. The molecule has 10 nitrogen and oxygen atoms in total. The number of nitrogen functional groups attached to an aromatic ring is 1. The number of hydrogen-bond donors (Lipinski definition) is 5. The van der Waals surface area contributed by atoms with Crippen LogP contribution in [0, 0.1) is 13.8 Å². The summed E-state index contributed by atoms with van der Waals surface area (Å²) in [5.74, 6) is 1.45. The summed E-state index contributed by atoms with van der Waals surface area (Å²) in [4.78, 5) is 31.0. The molecule has 6 N–H and O–H groups in total. The van der Waals surface area contributed by atoms with E-state index >= 15 is 0 Å². The van der Waals surface area contributed by atoms with Gasteiger partial charge in [0.1, 0.15) is 11.6 Å². The van der Waals surface area contributed by atoms with Crippen molar-refractivity contribution in [3.05, 3.63) is 33.7 Å². The Morgan fingerprint density at radius 1 is 1.31 bits per heavy atom. The highest BCUT2D eigenvalue weighted by Gasteiger charge is 2.42. The lowest BCUT2D eigenvalue weighted by Crippen LogP contribution is -3.00. The highest BCUT2D eigenvalue weighted by molar-refractivity contribution is 8.00. The number of aliphatic hydroxyl groups is 1. The average Bonchev–Trinajstić information content (AvgIpc) is 3.44. The topological polar surface area (TPSA) is 154 Å². The number of aliphatic carboxylic acids is 1. The van der Waals surface area contributed by atoms with Gasteiger partial charge in [-0.25, -0.2) is 14.8 Å². The van der Waals surface area contributed by atoms with Crippen LogP contribution in [0.1, 0.15) is 47.6 Å². The van der Waals surface area contributed by atoms with Gasteiger partial charge in [-0.15, -0.1) is 12.4 Å². The molecule has 0 unspecified atom stereocenters. The number of carboxylic acids is 1. The van der Waals surface area contributed by atoms with E-state index < -0.39 is 5.97 Å². The van der Waals surface area contributed by atoms with Gasteiger partial charge in [-0.05, 0) is 19.8 Å². The molecule has 2 aliphatic rings. The Balaban J connectivity index is 0.000000343. The highest BCUT2D eigenvalue weighted by atomic mass is 35.5. The van der Waals surface area contributed by atoms with E-state index in [0.29, 0.717) is 29.9 Å². The first-order valence-corrected chi connectivity index (χ1v) is 13.3. The molecule has 4 heterocycles. The van der Waals surface area contributed by atoms with E-state index in [-0.39, 0.29) is 56.0 Å². The Kier molecular flexibility index (Phi) is 13.8. The summed E-state index contributed by atoms with van der Waals surface area (Å²) in [6.45, 7) is 4.71. The second-order valence-corrected chi connectivity index (χ2v) is 10.6. The summed E-state index contributed by atoms with van der Waals surface area (Å²) in [7, 11) is 0. The zero-order valence-electron chi connectivity index (χ0n) is 20.3. The van der Waals surface area contributed by atoms with Crippen LogP contribution in [0.25, 0.3) is 0 Å². The SMILES string of the molecule is Cc1ncc(C[n+]2csc(CCO)c2C)c(N)n1.Cl.O=C(O)CCCC[C@@H]1SC[C@@H]2NC(=O)N[C@@H]21.[Cl-]. The molecule has 2 aromatic rings. The molecule has 0 aliphatic carbocycles. The van der Waals surface area contributed by atoms with Crippen LogP contribution in [-0.2, 0) is 17.8 Å². The molecule has 0 aromatic carbocycles. The number of halogens is 2. The molecule has 0 saturated carbocycles. The van der Waals surface area contributed by atoms with Gasteiger partial charge in [0.25, 0.3) is 0 Å². The van der Waals surface area contributed by atoms with Crippen molar-refractivity contribution in [1.29, 1.82) is 0 Å². The van der Waals surface area contributed by atoms with Crippen LogP contribution < -0.4 is 33.3 Å². The van der Waals surface area contributed by atoms with Crippen molar-refractivity contribution < 1.29 is 36.8 Å². The summed E-state index contributed by atoms with van der Waals surface area (Å²) in [6.07, 6.45) is 5.35. The Bertz CT molecular complexity index is 1010. The third-order valence-corrected chi connectivity index (χ3v) is 8.57. The lowest BCUT2D eigenvalue weighted by Gasteiger charge is -2.16. The van der Waals surface area contributed by atoms with E-state index in [0.717, 1.165) is 36.3 Å². The highest BCUT2D eigenvalue weighted by Crippen LogP contribution is 2.33. The van der Waals surface area contributed by atoms with Crippen molar-refractivity contribution in [2.24, 2.45) is 0 Å². The van der Waals surface area contributed by atoms with Gasteiger partial charge in [0.05, 0.1) is 22.5 Å². The maximum Gasteiger partial charge on any atom is 0.315 e. The van der Waals surface area contributed by atoms with Crippen LogP contribution in [-0.4, -0.2) is 61.9 Å². The number of aliphatic hydroxyl groups excluding tert-OH is 1. The molecule has 36 heavy (non-hydrogen) atoms. The van der Waals surface area contributed by atoms with Crippen LogP contribution in [0.5, 0.6) is 0 Å². The van der Waals surface area contributed by atoms with E-state index in [1.165, 1.54) is 4.88 Å². The smallest absolute Gasteiger partial charge is 0.315 e. The lowest BCUT2D eigenvalue weighted by molar-refractivity contribution is -0.689. The van der Waals surface area contributed by atoms with Gasteiger partial charge in [-0.2, -0.15) is 16.3 Å². The number of carbonyl (C=O) groups excluding carboxylic acids is 1. The van der Waals surface area contributed by atoms with Gasteiger partial charge in [0, 0.05) is 43.6 Å². The van der Waals surface area contributed by atoms with Gasteiger partial charge < -0.3 is 39.0 Å². The molecule has 0 radical (unpaired) electrons. The second-order valence-electron chi connectivity index (χ2n) is 8.42. The molecule has 0 bridgehead atoms. The van der Waals surface area contributed by atoms with Crippen molar-refractivity contribution in [3.63, 3.8) is 0 Å². The van der Waals surface area contributed by atoms with E-state index in [9.17, 15) is 9.59 Å². The van der Waals surface area contributed by atoms with Gasteiger partial charge >= 0.3 is 12.0 Å².